The number of carbonyl (C=O) groups is 1. The van der Waals surface area contributed by atoms with E-state index in [2.05, 4.69) is 141 Å². The van der Waals surface area contributed by atoms with Gasteiger partial charge in [-0.2, -0.15) is 0 Å². The maximum atomic E-state index is 13.4. The van der Waals surface area contributed by atoms with Crippen LogP contribution in [0, 0.1) is 0 Å². The number of ether oxygens (including phenoxy) is 4. The monoisotopic (exact) mass is 1390 g/mol. The Labute approximate surface area is 602 Å². The summed E-state index contributed by atoms with van der Waals surface area (Å²) in [6.07, 6.45) is 83.8. The molecule has 14 nitrogen and oxygen atoms in total. The first-order valence-corrected chi connectivity index (χ1v) is 39.9. The first-order valence-electron chi connectivity index (χ1n) is 39.9. The number of carbonyl (C=O) groups excluding carboxylic acids is 1. The summed E-state index contributed by atoms with van der Waals surface area (Å²) in [7, 11) is 0. The van der Waals surface area contributed by atoms with Crippen molar-refractivity contribution in [2.75, 3.05) is 19.8 Å². The van der Waals surface area contributed by atoms with Crippen molar-refractivity contribution in [3.05, 3.63) is 134 Å². The number of unbranched alkanes of at least 4 members (excludes halogenated alkanes) is 32. The molecule has 2 saturated heterocycles. The van der Waals surface area contributed by atoms with E-state index in [1.807, 2.05) is 6.08 Å². The minimum absolute atomic E-state index is 0.256. The zero-order valence-corrected chi connectivity index (χ0v) is 62.2. The highest BCUT2D eigenvalue weighted by Gasteiger charge is 2.51. The normalized spacial score (nSPS) is 22.7. The molecule has 0 aromatic carbocycles. The second-order valence-corrected chi connectivity index (χ2v) is 27.4. The van der Waals surface area contributed by atoms with Crippen LogP contribution < -0.4 is 5.32 Å². The molecule has 12 atom stereocenters. The lowest BCUT2D eigenvalue weighted by Gasteiger charge is -2.46. The van der Waals surface area contributed by atoms with Crippen molar-refractivity contribution in [3.63, 3.8) is 0 Å². The third kappa shape index (κ3) is 50.2. The summed E-state index contributed by atoms with van der Waals surface area (Å²) in [6, 6.07) is -0.952. The van der Waals surface area contributed by atoms with Crippen molar-refractivity contribution in [2.45, 2.75) is 376 Å². The van der Waals surface area contributed by atoms with Gasteiger partial charge in [-0.3, -0.25) is 4.79 Å². The number of allylic oxidation sites excluding steroid dienone is 21. The Bertz CT molecular complexity index is 2180. The molecule has 2 aliphatic heterocycles. The van der Waals surface area contributed by atoms with Crippen LogP contribution in [0.4, 0.5) is 0 Å². The van der Waals surface area contributed by atoms with Gasteiger partial charge in [-0.25, -0.2) is 0 Å². The van der Waals surface area contributed by atoms with Gasteiger partial charge in [0, 0.05) is 6.42 Å². The van der Waals surface area contributed by atoms with Crippen LogP contribution in [-0.2, 0) is 23.7 Å². The van der Waals surface area contributed by atoms with Crippen molar-refractivity contribution in [2.24, 2.45) is 0 Å². The van der Waals surface area contributed by atoms with Gasteiger partial charge in [-0.1, -0.05) is 321 Å². The maximum Gasteiger partial charge on any atom is 0.220 e. The third-order valence-corrected chi connectivity index (χ3v) is 18.5. The fourth-order valence-corrected chi connectivity index (χ4v) is 12.3. The number of amides is 1. The van der Waals surface area contributed by atoms with Gasteiger partial charge in [0.15, 0.2) is 12.6 Å². The van der Waals surface area contributed by atoms with Gasteiger partial charge in [-0.05, 0) is 109 Å². The molecule has 2 rings (SSSR count). The molecule has 12 unspecified atom stereocenters. The van der Waals surface area contributed by atoms with Gasteiger partial charge >= 0.3 is 0 Å². The summed E-state index contributed by atoms with van der Waals surface area (Å²) in [6.45, 7) is 2.68. The lowest BCUT2D eigenvalue weighted by atomic mass is 9.97. The van der Waals surface area contributed by atoms with Crippen LogP contribution in [-0.4, -0.2) is 140 Å². The topological polar surface area (TPSA) is 228 Å². The Morgan fingerprint density at radius 1 is 0.374 bits per heavy atom. The third-order valence-electron chi connectivity index (χ3n) is 18.5. The first kappa shape index (κ1) is 91.2. The van der Waals surface area contributed by atoms with Crippen LogP contribution in [0.15, 0.2) is 134 Å². The standard InChI is InChI=1S/C85H145NO13/c1-3-5-7-9-11-13-15-17-19-21-23-25-27-29-31-33-35-36-37-38-39-41-43-45-47-49-51-53-55-57-59-61-63-65-67-69-77(90)86-73(72-96-84-82(95)80(93)83(76(71-88)98-84)99-85-81(94)79(92)78(91)75(70-87)97-85)74(89)68-66-64-62-60-58-56-54-52-50-48-46-44-42-40-34-32-30-28-26-24-22-20-18-16-14-12-10-8-6-4-2/h5,7,11,13,17,19,23,25,29,31,35-36,38-39,43,45,50,52,58,60,66,68,73-76,78-85,87-89,91-95H,3-4,6,8-10,12,14-16,18,20-22,24,26-28,30,32-34,37,40-42,44,46-49,51,53-57,59,61-65,67,69-72H2,1-2H3,(H,86,90)/b7-5-,13-11-,19-17-,25-23-,31-29-,36-35-,39-38-,45-43-,52-50+,60-58+,68-66+. The molecule has 0 aromatic rings. The molecule has 2 heterocycles. The van der Waals surface area contributed by atoms with Gasteiger partial charge in [0.25, 0.3) is 0 Å². The highest BCUT2D eigenvalue weighted by molar-refractivity contribution is 5.76. The van der Waals surface area contributed by atoms with Crippen LogP contribution in [0.2, 0.25) is 0 Å². The van der Waals surface area contributed by atoms with E-state index >= 15 is 0 Å². The summed E-state index contributed by atoms with van der Waals surface area (Å²) in [5.74, 6) is -0.261. The van der Waals surface area contributed by atoms with Crippen molar-refractivity contribution < 1.29 is 64.6 Å². The summed E-state index contributed by atoms with van der Waals surface area (Å²) in [4.78, 5) is 13.4. The molecule has 9 N–H and O–H groups in total. The lowest BCUT2D eigenvalue weighted by Crippen LogP contribution is -2.65. The molecule has 1 amide bonds. The fourth-order valence-electron chi connectivity index (χ4n) is 12.3. The SMILES string of the molecule is CC/C=C\C/C=C\C/C=C\C/C=C\C/C=C\C/C=C\C/C=C\C/C=C\CCCCCCCCCCCCC(=O)NC(COC1OC(CO)C(OC2OC(CO)C(O)C(O)C2O)C(O)C1O)C(O)/C=C/CC/C=C/CC/C=C/CCCCCCCCCCCCCCCCCCCCCC. The second-order valence-electron chi connectivity index (χ2n) is 27.4. The molecule has 0 aromatic heterocycles. The van der Waals surface area contributed by atoms with Crippen LogP contribution in [0.25, 0.3) is 0 Å². The van der Waals surface area contributed by atoms with Crippen LogP contribution in [0.1, 0.15) is 303 Å². The van der Waals surface area contributed by atoms with E-state index in [1.54, 1.807) is 6.08 Å². The van der Waals surface area contributed by atoms with Crippen molar-refractivity contribution >= 4 is 5.91 Å². The van der Waals surface area contributed by atoms with Crippen molar-refractivity contribution in [1.29, 1.82) is 0 Å². The van der Waals surface area contributed by atoms with E-state index in [0.717, 1.165) is 103 Å². The summed E-state index contributed by atoms with van der Waals surface area (Å²) >= 11 is 0. The van der Waals surface area contributed by atoms with E-state index in [1.165, 1.54) is 167 Å². The average Bonchev–Trinajstić information content (AvgIpc) is 0.799. The Hall–Kier alpha value is -3.87. The summed E-state index contributed by atoms with van der Waals surface area (Å²) < 4.78 is 22.9. The number of aliphatic hydroxyl groups is 8. The molecule has 0 spiro atoms. The highest BCUT2D eigenvalue weighted by atomic mass is 16.7. The summed E-state index contributed by atoms with van der Waals surface area (Å²) in [5, 5.41) is 87.6. The largest absolute Gasteiger partial charge is 0.394 e. The molecule has 568 valence electrons. The predicted molar refractivity (Wildman–Crippen MR) is 410 cm³/mol. The molecule has 0 bridgehead atoms. The maximum absolute atomic E-state index is 13.4. The van der Waals surface area contributed by atoms with Crippen LogP contribution >= 0.6 is 0 Å². The summed E-state index contributed by atoms with van der Waals surface area (Å²) in [5.41, 5.74) is 0. The van der Waals surface area contributed by atoms with Crippen LogP contribution in [0.3, 0.4) is 0 Å². The Balaban J connectivity index is 1.66. The number of rotatable bonds is 65. The second kappa shape index (κ2) is 67.3. The number of hydrogen-bond donors (Lipinski definition) is 9. The van der Waals surface area contributed by atoms with E-state index < -0.39 is 86.8 Å². The molecule has 0 saturated carbocycles. The number of aliphatic hydroxyl groups excluding tert-OH is 8. The number of hydrogen-bond acceptors (Lipinski definition) is 13. The van der Waals surface area contributed by atoms with Crippen molar-refractivity contribution in [3.8, 4) is 0 Å². The molecule has 0 radical (unpaired) electrons. The van der Waals surface area contributed by atoms with Gasteiger partial charge in [0.05, 0.1) is 32.0 Å². The van der Waals surface area contributed by atoms with Gasteiger partial charge in [0.2, 0.25) is 5.91 Å². The zero-order chi connectivity index (χ0) is 71.5. The van der Waals surface area contributed by atoms with E-state index in [-0.39, 0.29) is 18.9 Å². The fraction of sp³-hybridized carbons (Fsp3) is 0.729. The molecular weight excluding hydrogens is 1240 g/mol. The minimum Gasteiger partial charge on any atom is -0.394 e. The molecule has 99 heavy (non-hydrogen) atoms. The Kier molecular flexibility index (Phi) is 62.0. The zero-order valence-electron chi connectivity index (χ0n) is 62.2. The highest BCUT2D eigenvalue weighted by Crippen LogP contribution is 2.30. The van der Waals surface area contributed by atoms with E-state index in [4.69, 9.17) is 18.9 Å². The van der Waals surface area contributed by atoms with Gasteiger partial charge in [-0.15, -0.1) is 0 Å². The first-order chi connectivity index (χ1) is 48.6. The lowest BCUT2D eigenvalue weighted by molar-refractivity contribution is -0.359. The molecule has 2 aliphatic rings. The number of nitrogens with one attached hydrogen (secondary N) is 1. The van der Waals surface area contributed by atoms with Gasteiger partial charge in [0.1, 0.15) is 48.8 Å². The molecule has 14 heteroatoms. The average molecular weight is 1390 g/mol. The van der Waals surface area contributed by atoms with Crippen LogP contribution in [0.5, 0.6) is 0 Å². The molecule has 0 aliphatic carbocycles. The smallest absolute Gasteiger partial charge is 0.220 e. The van der Waals surface area contributed by atoms with Gasteiger partial charge < -0.3 is 65.1 Å². The Morgan fingerprint density at radius 2 is 0.707 bits per heavy atom. The Morgan fingerprint density at radius 3 is 1.11 bits per heavy atom. The molecular formula is C85H145NO13. The van der Waals surface area contributed by atoms with E-state index in [9.17, 15) is 45.6 Å². The molecule has 2 fully saturated rings. The van der Waals surface area contributed by atoms with Crippen molar-refractivity contribution in [1.82, 2.24) is 5.32 Å². The van der Waals surface area contributed by atoms with E-state index in [0.29, 0.717) is 12.8 Å². The quantitative estimate of drug-likeness (QED) is 0.0204. The minimum atomic E-state index is -1.80. The predicted octanol–water partition coefficient (Wildman–Crippen LogP) is 18.2.